The standard InChI is InChI=1S/C10H13NO4S/c12-4-3-8(10(14)15)11-9(13)6-7-2-1-5-16-7/h1-2,5,8,12H,3-4,6H2,(H,11,13)(H,14,15). The van der Waals surface area contributed by atoms with E-state index in [4.69, 9.17) is 10.2 Å². The molecule has 0 saturated heterocycles. The highest BCUT2D eigenvalue weighted by atomic mass is 32.1. The van der Waals surface area contributed by atoms with Gasteiger partial charge in [0, 0.05) is 17.9 Å². The van der Waals surface area contributed by atoms with Gasteiger partial charge in [0.15, 0.2) is 0 Å². The van der Waals surface area contributed by atoms with Crippen molar-refractivity contribution >= 4 is 23.2 Å². The Kier molecular flexibility index (Phi) is 4.94. The minimum atomic E-state index is -1.13. The molecule has 1 aromatic heterocycles. The van der Waals surface area contributed by atoms with E-state index < -0.39 is 12.0 Å². The first-order chi connectivity index (χ1) is 7.63. The highest BCUT2D eigenvalue weighted by Gasteiger charge is 2.19. The Bertz CT molecular complexity index is 350. The quantitative estimate of drug-likeness (QED) is 0.668. The number of rotatable bonds is 6. The minimum Gasteiger partial charge on any atom is -0.480 e. The average Bonchev–Trinajstić information content (AvgIpc) is 2.69. The van der Waals surface area contributed by atoms with Gasteiger partial charge < -0.3 is 15.5 Å². The average molecular weight is 243 g/mol. The van der Waals surface area contributed by atoms with Crippen molar-refractivity contribution in [2.45, 2.75) is 18.9 Å². The van der Waals surface area contributed by atoms with Gasteiger partial charge in [-0.1, -0.05) is 6.07 Å². The predicted molar refractivity (Wildman–Crippen MR) is 59.3 cm³/mol. The summed E-state index contributed by atoms with van der Waals surface area (Å²) < 4.78 is 0. The molecule has 1 amide bonds. The second-order valence-electron chi connectivity index (χ2n) is 3.23. The van der Waals surface area contributed by atoms with Crippen LogP contribution in [0.3, 0.4) is 0 Å². The number of aliphatic hydroxyl groups is 1. The summed E-state index contributed by atoms with van der Waals surface area (Å²) in [4.78, 5) is 23.0. The molecule has 0 aliphatic carbocycles. The van der Waals surface area contributed by atoms with Crippen LogP contribution >= 0.6 is 11.3 Å². The fourth-order valence-electron chi connectivity index (χ4n) is 1.20. The summed E-state index contributed by atoms with van der Waals surface area (Å²) in [5.41, 5.74) is 0. The lowest BCUT2D eigenvalue weighted by Crippen LogP contribution is -2.42. The van der Waals surface area contributed by atoms with Crippen LogP contribution in [0.2, 0.25) is 0 Å². The molecule has 1 atom stereocenters. The summed E-state index contributed by atoms with van der Waals surface area (Å²) >= 11 is 1.44. The minimum absolute atomic E-state index is 0.0194. The smallest absolute Gasteiger partial charge is 0.326 e. The molecule has 0 aromatic carbocycles. The molecule has 6 heteroatoms. The number of hydrogen-bond acceptors (Lipinski definition) is 4. The molecule has 88 valence electrons. The van der Waals surface area contributed by atoms with Crippen LogP contribution in [0.25, 0.3) is 0 Å². The molecule has 16 heavy (non-hydrogen) atoms. The van der Waals surface area contributed by atoms with Gasteiger partial charge in [0.25, 0.3) is 0 Å². The van der Waals surface area contributed by atoms with Gasteiger partial charge in [-0.3, -0.25) is 4.79 Å². The summed E-state index contributed by atoms with van der Waals surface area (Å²) in [7, 11) is 0. The molecular weight excluding hydrogens is 230 g/mol. The first-order valence-corrected chi connectivity index (χ1v) is 5.67. The number of aliphatic carboxylic acids is 1. The maximum atomic E-state index is 11.5. The van der Waals surface area contributed by atoms with E-state index in [1.54, 1.807) is 0 Å². The molecule has 1 unspecified atom stereocenters. The summed E-state index contributed by atoms with van der Waals surface area (Å²) in [6.07, 6.45) is 0.193. The van der Waals surface area contributed by atoms with Crippen LogP contribution in [0.15, 0.2) is 17.5 Å². The van der Waals surface area contributed by atoms with E-state index in [2.05, 4.69) is 5.32 Å². The molecule has 1 aromatic rings. The van der Waals surface area contributed by atoms with Crippen molar-refractivity contribution < 1.29 is 19.8 Å². The van der Waals surface area contributed by atoms with E-state index in [9.17, 15) is 9.59 Å². The van der Waals surface area contributed by atoms with Crippen molar-refractivity contribution in [3.05, 3.63) is 22.4 Å². The third-order valence-corrected chi connectivity index (χ3v) is 2.84. The van der Waals surface area contributed by atoms with E-state index >= 15 is 0 Å². The summed E-state index contributed by atoms with van der Waals surface area (Å²) in [6, 6.07) is 2.62. The van der Waals surface area contributed by atoms with Gasteiger partial charge in [0.05, 0.1) is 6.42 Å². The number of carbonyl (C=O) groups is 2. The monoisotopic (exact) mass is 243 g/mol. The molecule has 0 bridgehead atoms. The van der Waals surface area contributed by atoms with Gasteiger partial charge in [-0.25, -0.2) is 4.79 Å². The number of nitrogens with one attached hydrogen (secondary N) is 1. The molecule has 0 radical (unpaired) electrons. The largest absolute Gasteiger partial charge is 0.480 e. The number of thiophene rings is 1. The first kappa shape index (κ1) is 12.7. The first-order valence-electron chi connectivity index (χ1n) is 4.79. The second kappa shape index (κ2) is 6.24. The molecule has 3 N–H and O–H groups in total. The van der Waals surface area contributed by atoms with Crippen LogP contribution in [0.5, 0.6) is 0 Å². The lowest BCUT2D eigenvalue weighted by Gasteiger charge is -2.12. The molecular formula is C10H13NO4S. The summed E-state index contributed by atoms with van der Waals surface area (Å²) in [5.74, 6) is -1.48. The van der Waals surface area contributed by atoms with E-state index in [0.717, 1.165) is 4.88 Å². The Balaban J connectivity index is 2.45. The zero-order valence-electron chi connectivity index (χ0n) is 8.55. The Morgan fingerprint density at radius 3 is 2.75 bits per heavy atom. The molecule has 0 saturated carbocycles. The van der Waals surface area contributed by atoms with Crippen molar-refractivity contribution in [3.8, 4) is 0 Å². The number of amides is 1. The van der Waals surface area contributed by atoms with Crippen LogP contribution in [0.1, 0.15) is 11.3 Å². The lowest BCUT2D eigenvalue weighted by molar-refractivity contribution is -0.142. The van der Waals surface area contributed by atoms with Crippen LogP contribution < -0.4 is 5.32 Å². The predicted octanol–water partition coefficient (Wildman–Crippen LogP) is 0.242. The molecule has 1 rings (SSSR count). The molecule has 0 aliphatic heterocycles. The number of carboxylic acid groups (broad SMARTS) is 1. The topological polar surface area (TPSA) is 86.6 Å². The third-order valence-electron chi connectivity index (χ3n) is 1.97. The molecule has 1 heterocycles. The van der Waals surface area contributed by atoms with E-state index in [1.165, 1.54) is 11.3 Å². The van der Waals surface area contributed by atoms with E-state index in [0.29, 0.717) is 0 Å². The number of carboxylic acids is 1. The van der Waals surface area contributed by atoms with Crippen LogP contribution in [-0.2, 0) is 16.0 Å². The summed E-state index contributed by atoms with van der Waals surface area (Å²) in [6.45, 7) is -0.268. The maximum absolute atomic E-state index is 11.5. The van der Waals surface area contributed by atoms with Gasteiger partial charge in [0.2, 0.25) is 5.91 Å². The lowest BCUT2D eigenvalue weighted by atomic mass is 10.2. The number of hydrogen-bond donors (Lipinski definition) is 3. The van der Waals surface area contributed by atoms with Crippen molar-refractivity contribution in [2.75, 3.05) is 6.61 Å². The van der Waals surface area contributed by atoms with Crippen LogP contribution in [0.4, 0.5) is 0 Å². The third kappa shape index (κ3) is 4.00. The van der Waals surface area contributed by atoms with Gasteiger partial charge in [0.1, 0.15) is 6.04 Å². The maximum Gasteiger partial charge on any atom is 0.326 e. The van der Waals surface area contributed by atoms with Gasteiger partial charge in [-0.05, 0) is 11.4 Å². The fraction of sp³-hybridized carbons (Fsp3) is 0.400. The highest BCUT2D eigenvalue weighted by molar-refractivity contribution is 7.10. The zero-order valence-corrected chi connectivity index (χ0v) is 9.37. The molecule has 0 aliphatic rings. The van der Waals surface area contributed by atoms with Crippen molar-refractivity contribution in [2.24, 2.45) is 0 Å². The van der Waals surface area contributed by atoms with Crippen molar-refractivity contribution in [1.82, 2.24) is 5.32 Å². The Morgan fingerprint density at radius 2 is 2.25 bits per heavy atom. The molecule has 0 fully saturated rings. The zero-order chi connectivity index (χ0) is 12.0. The van der Waals surface area contributed by atoms with Crippen LogP contribution in [0, 0.1) is 0 Å². The van der Waals surface area contributed by atoms with Crippen LogP contribution in [-0.4, -0.2) is 34.7 Å². The van der Waals surface area contributed by atoms with E-state index in [1.807, 2.05) is 17.5 Å². The number of aliphatic hydroxyl groups excluding tert-OH is 1. The highest BCUT2D eigenvalue weighted by Crippen LogP contribution is 2.09. The van der Waals surface area contributed by atoms with Gasteiger partial charge >= 0.3 is 5.97 Å². The molecule has 5 nitrogen and oxygen atoms in total. The van der Waals surface area contributed by atoms with E-state index in [-0.39, 0.29) is 25.4 Å². The Hall–Kier alpha value is -1.40. The second-order valence-corrected chi connectivity index (χ2v) is 4.26. The normalized spacial score (nSPS) is 12.1. The van der Waals surface area contributed by atoms with Gasteiger partial charge in [-0.15, -0.1) is 11.3 Å². The summed E-state index contributed by atoms with van der Waals surface area (Å²) in [5, 5.41) is 21.6. The Labute approximate surface area is 96.7 Å². The Morgan fingerprint density at radius 1 is 1.50 bits per heavy atom. The molecule has 0 spiro atoms. The SMILES string of the molecule is O=C(Cc1cccs1)NC(CCO)C(=O)O. The fourth-order valence-corrected chi connectivity index (χ4v) is 1.91. The van der Waals surface area contributed by atoms with Gasteiger partial charge in [-0.2, -0.15) is 0 Å². The van der Waals surface area contributed by atoms with Crippen molar-refractivity contribution in [1.29, 1.82) is 0 Å². The number of carbonyl (C=O) groups excluding carboxylic acids is 1. The van der Waals surface area contributed by atoms with Crippen molar-refractivity contribution in [3.63, 3.8) is 0 Å².